The van der Waals surface area contributed by atoms with Crippen LogP contribution < -0.4 is 15.4 Å². The normalized spacial score (nSPS) is 10.1. The van der Waals surface area contributed by atoms with E-state index in [0.717, 1.165) is 5.69 Å². The zero-order valence-corrected chi connectivity index (χ0v) is 14.6. The van der Waals surface area contributed by atoms with Crippen LogP contribution in [0, 0.1) is 0 Å². The molecule has 27 heavy (non-hydrogen) atoms. The van der Waals surface area contributed by atoms with Crippen LogP contribution in [0.1, 0.15) is 12.1 Å². The average molecular weight is 361 g/mol. The topological polar surface area (TPSA) is 80.3 Å². The number of hydrogen-bond donors (Lipinski definition) is 2. The molecule has 0 radical (unpaired) electrons. The first-order chi connectivity index (χ1) is 13.2. The number of carbonyl (C=O) groups is 2. The Kier molecular flexibility index (Phi) is 6.14. The first kappa shape index (κ1) is 18.1. The quantitative estimate of drug-likeness (QED) is 0.631. The number of nitrogens with one attached hydrogen (secondary N) is 2. The lowest BCUT2D eigenvalue weighted by Gasteiger charge is -2.12. The largest absolute Gasteiger partial charge is 0.455 e. The molecular weight excluding hydrogens is 342 g/mol. The Morgan fingerprint density at radius 3 is 2.37 bits per heavy atom. The summed E-state index contributed by atoms with van der Waals surface area (Å²) >= 11 is 0. The van der Waals surface area contributed by atoms with Gasteiger partial charge in [0, 0.05) is 6.20 Å². The van der Waals surface area contributed by atoms with Gasteiger partial charge < -0.3 is 15.4 Å². The van der Waals surface area contributed by atoms with Crippen molar-refractivity contribution in [2.24, 2.45) is 0 Å². The maximum atomic E-state index is 12.2. The highest BCUT2D eigenvalue weighted by molar-refractivity contribution is 6.04. The maximum Gasteiger partial charge on any atom is 0.233 e. The van der Waals surface area contributed by atoms with Gasteiger partial charge >= 0.3 is 0 Å². The minimum Gasteiger partial charge on any atom is -0.455 e. The molecule has 0 saturated heterocycles. The fourth-order valence-corrected chi connectivity index (χ4v) is 2.37. The monoisotopic (exact) mass is 361 g/mol. The molecule has 2 N–H and O–H groups in total. The second-order valence-corrected chi connectivity index (χ2v) is 5.73. The number of hydrogen-bond acceptors (Lipinski definition) is 4. The number of nitrogens with zero attached hydrogens (tertiary/aromatic N) is 1. The van der Waals surface area contributed by atoms with E-state index >= 15 is 0 Å². The smallest absolute Gasteiger partial charge is 0.233 e. The van der Waals surface area contributed by atoms with Crippen molar-refractivity contribution in [3.63, 3.8) is 0 Å². The molecule has 0 atom stereocenters. The van der Waals surface area contributed by atoms with Crippen molar-refractivity contribution in [3.05, 3.63) is 84.7 Å². The molecule has 6 heteroatoms. The van der Waals surface area contributed by atoms with E-state index in [-0.39, 0.29) is 18.9 Å². The summed E-state index contributed by atoms with van der Waals surface area (Å²) in [6.07, 6.45) is 1.37. The number of rotatable bonds is 7. The van der Waals surface area contributed by atoms with E-state index in [4.69, 9.17) is 4.74 Å². The Balaban J connectivity index is 1.55. The van der Waals surface area contributed by atoms with Gasteiger partial charge in [-0.15, -0.1) is 0 Å². The van der Waals surface area contributed by atoms with Crippen LogP contribution in [-0.4, -0.2) is 16.8 Å². The van der Waals surface area contributed by atoms with E-state index in [9.17, 15) is 9.59 Å². The van der Waals surface area contributed by atoms with Crippen LogP contribution in [0.2, 0.25) is 0 Å². The molecule has 136 valence electrons. The fraction of sp³-hybridized carbons (Fsp3) is 0.0952. The molecule has 0 unspecified atom stereocenters. The minimum absolute atomic E-state index is 0.278. The maximum absolute atomic E-state index is 12.2. The third-order valence-corrected chi connectivity index (χ3v) is 3.65. The van der Waals surface area contributed by atoms with E-state index < -0.39 is 5.91 Å². The molecule has 1 heterocycles. The summed E-state index contributed by atoms with van der Waals surface area (Å²) in [5.41, 5.74) is 1.23. The number of carbonyl (C=O) groups excluding carboxylic acids is 2. The summed E-state index contributed by atoms with van der Waals surface area (Å²) in [7, 11) is 0. The zero-order valence-electron chi connectivity index (χ0n) is 14.6. The highest BCUT2D eigenvalue weighted by Crippen LogP contribution is 2.29. The van der Waals surface area contributed by atoms with Crippen molar-refractivity contribution >= 4 is 17.5 Å². The Morgan fingerprint density at radius 2 is 1.59 bits per heavy atom. The van der Waals surface area contributed by atoms with Gasteiger partial charge in [-0.2, -0.15) is 0 Å². The fourth-order valence-electron chi connectivity index (χ4n) is 2.37. The number of para-hydroxylation sites is 3. The van der Waals surface area contributed by atoms with Crippen LogP contribution in [-0.2, 0) is 16.1 Å². The number of aromatic nitrogens is 1. The summed E-state index contributed by atoms with van der Waals surface area (Å²) < 4.78 is 5.80. The van der Waals surface area contributed by atoms with Crippen LogP contribution in [0.3, 0.4) is 0 Å². The molecule has 2 amide bonds. The van der Waals surface area contributed by atoms with Crippen LogP contribution in [0.25, 0.3) is 0 Å². The third-order valence-electron chi connectivity index (χ3n) is 3.65. The van der Waals surface area contributed by atoms with Crippen molar-refractivity contribution in [2.75, 3.05) is 5.32 Å². The summed E-state index contributed by atoms with van der Waals surface area (Å²) in [5.74, 6) is 0.371. The van der Waals surface area contributed by atoms with E-state index in [1.54, 1.807) is 36.5 Å². The zero-order chi connectivity index (χ0) is 18.9. The van der Waals surface area contributed by atoms with Crippen molar-refractivity contribution < 1.29 is 14.3 Å². The minimum atomic E-state index is -0.419. The van der Waals surface area contributed by atoms with Gasteiger partial charge in [-0.05, 0) is 36.4 Å². The predicted molar refractivity (Wildman–Crippen MR) is 102 cm³/mol. The Labute approximate surface area is 157 Å². The van der Waals surface area contributed by atoms with Crippen LogP contribution in [0.5, 0.6) is 11.5 Å². The molecule has 0 aliphatic rings. The number of pyridine rings is 1. The van der Waals surface area contributed by atoms with Crippen molar-refractivity contribution in [1.29, 1.82) is 0 Å². The molecule has 0 spiro atoms. The molecule has 0 aliphatic carbocycles. The Hall–Kier alpha value is -3.67. The molecule has 0 saturated carbocycles. The lowest BCUT2D eigenvalue weighted by atomic mass is 10.2. The van der Waals surface area contributed by atoms with Crippen molar-refractivity contribution in [2.45, 2.75) is 13.0 Å². The van der Waals surface area contributed by atoms with E-state index in [1.165, 1.54) is 0 Å². The Morgan fingerprint density at radius 1 is 0.852 bits per heavy atom. The second-order valence-electron chi connectivity index (χ2n) is 5.73. The van der Waals surface area contributed by atoms with Gasteiger partial charge in [-0.3, -0.25) is 14.6 Å². The lowest BCUT2D eigenvalue weighted by Crippen LogP contribution is -2.28. The second kappa shape index (κ2) is 9.15. The van der Waals surface area contributed by atoms with Gasteiger partial charge in [0.2, 0.25) is 11.8 Å². The highest BCUT2D eigenvalue weighted by atomic mass is 16.5. The average Bonchev–Trinajstić information content (AvgIpc) is 2.69. The SMILES string of the molecule is O=C(CC(=O)Nc1ccccc1Oc1ccccc1)NCc1ccccn1. The van der Waals surface area contributed by atoms with Gasteiger partial charge in [0.1, 0.15) is 12.2 Å². The molecule has 2 aromatic carbocycles. The molecule has 0 fully saturated rings. The molecule has 3 aromatic rings. The van der Waals surface area contributed by atoms with Crippen LogP contribution >= 0.6 is 0 Å². The standard InChI is InChI=1S/C21H19N3O3/c25-20(23-15-16-8-6-7-13-22-16)14-21(26)24-18-11-4-5-12-19(18)27-17-9-2-1-3-10-17/h1-13H,14-15H2,(H,23,25)(H,24,26). The number of benzene rings is 2. The van der Waals surface area contributed by atoms with Gasteiger partial charge in [-0.1, -0.05) is 36.4 Å². The summed E-state index contributed by atoms with van der Waals surface area (Å²) in [5, 5.41) is 5.40. The predicted octanol–water partition coefficient (Wildman–Crippen LogP) is 3.52. The third kappa shape index (κ3) is 5.67. The Bertz CT molecular complexity index is 899. The molecule has 3 rings (SSSR count). The summed E-state index contributed by atoms with van der Waals surface area (Å²) in [6.45, 7) is 0.278. The molecule has 0 bridgehead atoms. The number of amides is 2. The number of anilines is 1. The van der Waals surface area contributed by atoms with Crippen molar-refractivity contribution in [3.8, 4) is 11.5 Å². The molecular formula is C21H19N3O3. The van der Waals surface area contributed by atoms with Gasteiger partial charge in [0.05, 0.1) is 17.9 Å². The lowest BCUT2D eigenvalue weighted by molar-refractivity contribution is -0.126. The van der Waals surface area contributed by atoms with Crippen molar-refractivity contribution in [1.82, 2.24) is 10.3 Å². The van der Waals surface area contributed by atoms with Gasteiger partial charge in [0.25, 0.3) is 0 Å². The van der Waals surface area contributed by atoms with E-state index in [2.05, 4.69) is 15.6 Å². The van der Waals surface area contributed by atoms with Gasteiger partial charge in [0.15, 0.2) is 5.75 Å². The number of ether oxygens (including phenoxy) is 1. The molecule has 1 aromatic heterocycles. The van der Waals surface area contributed by atoms with Crippen LogP contribution in [0.15, 0.2) is 79.0 Å². The van der Waals surface area contributed by atoms with E-state index in [0.29, 0.717) is 17.2 Å². The molecule has 6 nitrogen and oxygen atoms in total. The summed E-state index contributed by atoms with van der Waals surface area (Å²) in [6, 6.07) is 21.8. The summed E-state index contributed by atoms with van der Waals surface area (Å²) in [4.78, 5) is 28.3. The van der Waals surface area contributed by atoms with Gasteiger partial charge in [-0.25, -0.2) is 0 Å². The molecule has 0 aliphatic heterocycles. The van der Waals surface area contributed by atoms with E-state index in [1.807, 2.05) is 42.5 Å². The van der Waals surface area contributed by atoms with Crippen LogP contribution in [0.4, 0.5) is 5.69 Å². The highest BCUT2D eigenvalue weighted by Gasteiger charge is 2.12. The first-order valence-corrected chi connectivity index (χ1v) is 8.49. The first-order valence-electron chi connectivity index (χ1n) is 8.49.